The zero-order valence-electron chi connectivity index (χ0n) is 21.4. The molecule has 0 saturated heterocycles. The molecule has 0 spiro atoms. The highest BCUT2D eigenvalue weighted by Crippen LogP contribution is 2.36. The summed E-state index contributed by atoms with van der Waals surface area (Å²) in [4.78, 5) is 43.2. The van der Waals surface area contributed by atoms with Crippen LogP contribution in [-0.4, -0.2) is 34.3 Å². The number of methoxy groups -OCH3 is 1. The van der Waals surface area contributed by atoms with Crippen molar-refractivity contribution in [3.8, 4) is 11.5 Å². The van der Waals surface area contributed by atoms with Crippen LogP contribution in [0.5, 0.6) is 11.5 Å². The summed E-state index contributed by atoms with van der Waals surface area (Å²) in [5, 5.41) is 21.7. The van der Waals surface area contributed by atoms with Gasteiger partial charge in [0.25, 0.3) is 11.2 Å². The second kappa shape index (κ2) is 11.0. The van der Waals surface area contributed by atoms with Gasteiger partial charge in [-0.2, -0.15) is 0 Å². The van der Waals surface area contributed by atoms with Crippen molar-refractivity contribution >= 4 is 34.8 Å². The van der Waals surface area contributed by atoms with Crippen molar-refractivity contribution in [2.24, 2.45) is 4.99 Å². The van der Waals surface area contributed by atoms with E-state index in [4.69, 9.17) is 14.5 Å². The molecular weight excluding hydrogens is 534 g/mol. The molecule has 0 unspecified atom stereocenters. The Bertz CT molecular complexity index is 1840. The Kier molecular flexibility index (Phi) is 7.30. The van der Waals surface area contributed by atoms with Gasteiger partial charge in [0.1, 0.15) is 11.5 Å². The number of ether oxygens (including phenoxy) is 2. The number of aromatic hydroxyl groups is 1. The molecule has 40 heavy (non-hydrogen) atoms. The van der Waals surface area contributed by atoms with Crippen LogP contribution < -0.4 is 19.6 Å². The molecule has 1 aliphatic heterocycles. The van der Waals surface area contributed by atoms with Crippen LogP contribution in [0.3, 0.4) is 0 Å². The third kappa shape index (κ3) is 4.90. The van der Waals surface area contributed by atoms with Crippen LogP contribution in [-0.2, 0) is 9.53 Å². The first-order chi connectivity index (χ1) is 19.3. The van der Waals surface area contributed by atoms with Crippen LogP contribution in [0.2, 0.25) is 0 Å². The Morgan fingerprint density at radius 1 is 1.15 bits per heavy atom. The predicted octanol–water partition coefficient (Wildman–Crippen LogP) is 3.56. The minimum Gasteiger partial charge on any atom is -0.507 e. The Morgan fingerprint density at radius 3 is 2.62 bits per heavy atom. The Hall–Kier alpha value is -5.03. The first kappa shape index (κ1) is 26.6. The number of phenols is 1. The van der Waals surface area contributed by atoms with E-state index in [0.29, 0.717) is 27.4 Å². The third-order valence-corrected chi connectivity index (χ3v) is 7.27. The topological polar surface area (TPSA) is 133 Å². The maximum absolute atomic E-state index is 13.9. The van der Waals surface area contributed by atoms with Crippen molar-refractivity contribution in [2.75, 3.05) is 13.7 Å². The van der Waals surface area contributed by atoms with E-state index in [2.05, 4.69) is 0 Å². The number of carbonyl (C=O) groups excluding carboxylic acids is 1. The molecule has 0 aliphatic carbocycles. The van der Waals surface area contributed by atoms with E-state index < -0.39 is 22.5 Å². The standard InChI is InChI=1S/C29H23N3O7S/c1-3-39-28(35)24-25(17-8-5-4-6-9-17)30-29-31(26(24)18-10-7-11-21(15-18)38-2)27(34)23(40-29)16-19-14-20(32(36)37)12-13-22(19)33/h4-16,26,33H,3H2,1-2H3/b23-16-/t26-/m1/s1. The van der Waals surface area contributed by atoms with Gasteiger partial charge in [0.05, 0.1) is 40.5 Å². The van der Waals surface area contributed by atoms with Gasteiger partial charge in [0.15, 0.2) is 4.80 Å². The number of non-ortho nitro benzene ring substituents is 1. The molecule has 0 amide bonds. The fraction of sp³-hybridized carbons (Fsp3) is 0.138. The Morgan fingerprint density at radius 2 is 1.93 bits per heavy atom. The first-order valence-electron chi connectivity index (χ1n) is 12.2. The number of hydrogen-bond acceptors (Lipinski definition) is 9. The lowest BCUT2D eigenvalue weighted by molar-refractivity contribution is -0.384. The van der Waals surface area contributed by atoms with Crippen LogP contribution in [0.4, 0.5) is 5.69 Å². The number of thiazole rings is 1. The molecule has 4 aromatic rings. The van der Waals surface area contributed by atoms with Crippen LogP contribution in [0.15, 0.2) is 88.2 Å². The molecule has 10 nitrogen and oxygen atoms in total. The maximum atomic E-state index is 13.9. The zero-order chi connectivity index (χ0) is 28.4. The van der Waals surface area contributed by atoms with Gasteiger partial charge in [0.2, 0.25) is 0 Å². The van der Waals surface area contributed by atoms with Crippen molar-refractivity contribution in [3.63, 3.8) is 0 Å². The van der Waals surface area contributed by atoms with Crippen molar-refractivity contribution < 1.29 is 24.3 Å². The quantitative estimate of drug-likeness (QED) is 0.209. The van der Waals surface area contributed by atoms with E-state index in [1.807, 2.05) is 30.3 Å². The molecule has 1 N–H and O–H groups in total. The van der Waals surface area contributed by atoms with Crippen LogP contribution >= 0.6 is 11.3 Å². The van der Waals surface area contributed by atoms with Crippen molar-refractivity contribution in [1.82, 2.24) is 4.57 Å². The Labute approximate surface area is 231 Å². The van der Waals surface area contributed by atoms with E-state index in [1.54, 1.807) is 31.2 Å². The number of fused-ring (bicyclic) bond motifs is 1. The number of benzene rings is 3. The number of nitrogens with zero attached hydrogens (tertiary/aromatic N) is 3. The summed E-state index contributed by atoms with van der Waals surface area (Å²) in [5.74, 6) is -0.316. The lowest BCUT2D eigenvalue weighted by atomic mass is 9.93. The zero-order valence-corrected chi connectivity index (χ0v) is 22.3. The average molecular weight is 558 g/mol. The summed E-state index contributed by atoms with van der Waals surface area (Å²) < 4.78 is 12.4. The van der Waals surface area contributed by atoms with Gasteiger partial charge in [-0.1, -0.05) is 53.8 Å². The molecule has 0 fully saturated rings. The monoisotopic (exact) mass is 557 g/mol. The van der Waals surface area contributed by atoms with Crippen molar-refractivity contribution in [3.05, 3.63) is 125 Å². The fourth-order valence-corrected chi connectivity index (χ4v) is 5.47. The number of phenolic OH excluding ortho intramolecular Hbond substituents is 1. The number of esters is 1. The fourth-order valence-electron chi connectivity index (χ4n) is 4.48. The highest BCUT2D eigenvalue weighted by molar-refractivity contribution is 7.07. The molecule has 0 bridgehead atoms. The predicted molar refractivity (Wildman–Crippen MR) is 149 cm³/mol. The number of carbonyl (C=O) groups is 1. The van der Waals surface area contributed by atoms with Gasteiger partial charge < -0.3 is 14.6 Å². The molecule has 1 aromatic heterocycles. The molecule has 5 rings (SSSR count). The third-order valence-electron chi connectivity index (χ3n) is 6.29. The number of hydrogen-bond donors (Lipinski definition) is 1. The SMILES string of the molecule is CCOC(=O)C1=C(c2ccccc2)N=c2s/c(=C\c3cc([N+](=O)[O-])ccc3O)c(=O)n2[C@@H]1c1cccc(OC)c1. The molecule has 202 valence electrons. The number of rotatable bonds is 7. The van der Waals surface area contributed by atoms with Gasteiger partial charge in [-0.3, -0.25) is 19.5 Å². The van der Waals surface area contributed by atoms with E-state index in [-0.39, 0.29) is 33.7 Å². The molecule has 1 atom stereocenters. The van der Waals surface area contributed by atoms with Gasteiger partial charge in [-0.15, -0.1) is 0 Å². The number of nitro groups is 1. The average Bonchev–Trinajstić information content (AvgIpc) is 3.28. The molecule has 3 aromatic carbocycles. The van der Waals surface area contributed by atoms with Gasteiger partial charge in [-0.05, 0) is 36.8 Å². The maximum Gasteiger partial charge on any atom is 0.338 e. The normalized spacial score (nSPS) is 14.8. The molecule has 1 aliphatic rings. The second-order valence-corrected chi connectivity index (χ2v) is 9.72. The van der Waals surface area contributed by atoms with E-state index >= 15 is 0 Å². The van der Waals surface area contributed by atoms with Crippen LogP contribution in [0.1, 0.15) is 29.7 Å². The van der Waals surface area contributed by atoms with Gasteiger partial charge in [0, 0.05) is 23.3 Å². The summed E-state index contributed by atoms with van der Waals surface area (Å²) in [7, 11) is 1.52. The molecule has 0 saturated carbocycles. The highest BCUT2D eigenvalue weighted by Gasteiger charge is 2.35. The minimum atomic E-state index is -0.915. The van der Waals surface area contributed by atoms with Gasteiger partial charge in [-0.25, -0.2) is 9.79 Å². The highest BCUT2D eigenvalue weighted by atomic mass is 32.1. The first-order valence-corrected chi connectivity index (χ1v) is 13.0. The number of aromatic nitrogens is 1. The lowest BCUT2D eigenvalue weighted by Gasteiger charge is -2.26. The summed E-state index contributed by atoms with van der Waals surface area (Å²) in [6.45, 7) is 1.81. The summed E-state index contributed by atoms with van der Waals surface area (Å²) >= 11 is 1.04. The van der Waals surface area contributed by atoms with Crippen molar-refractivity contribution in [1.29, 1.82) is 0 Å². The van der Waals surface area contributed by atoms with Crippen LogP contribution in [0, 0.1) is 10.1 Å². The second-order valence-electron chi connectivity index (χ2n) is 8.71. The number of nitro benzene ring substituents is 1. The lowest BCUT2D eigenvalue weighted by Crippen LogP contribution is -2.40. The molecule has 2 heterocycles. The Balaban J connectivity index is 1.84. The van der Waals surface area contributed by atoms with E-state index in [9.17, 15) is 24.8 Å². The summed E-state index contributed by atoms with van der Waals surface area (Å²) in [6, 6.07) is 18.8. The van der Waals surface area contributed by atoms with Gasteiger partial charge >= 0.3 is 5.97 Å². The largest absolute Gasteiger partial charge is 0.507 e. The molecule has 0 radical (unpaired) electrons. The summed E-state index contributed by atoms with van der Waals surface area (Å²) in [5.41, 5.74) is 1.17. The minimum absolute atomic E-state index is 0.102. The summed E-state index contributed by atoms with van der Waals surface area (Å²) in [6.07, 6.45) is 1.38. The van der Waals surface area contributed by atoms with E-state index in [1.165, 1.54) is 36.0 Å². The van der Waals surface area contributed by atoms with Crippen LogP contribution in [0.25, 0.3) is 11.8 Å². The smallest absolute Gasteiger partial charge is 0.338 e. The molecular formula is C29H23N3O7S. The molecule has 11 heteroatoms. The van der Waals surface area contributed by atoms with E-state index in [0.717, 1.165) is 11.3 Å². The van der Waals surface area contributed by atoms with Crippen molar-refractivity contribution in [2.45, 2.75) is 13.0 Å².